The van der Waals surface area contributed by atoms with Crippen molar-refractivity contribution in [2.45, 2.75) is 44.6 Å². The predicted octanol–water partition coefficient (Wildman–Crippen LogP) is 2.99. The van der Waals surface area contributed by atoms with Crippen molar-refractivity contribution >= 4 is 18.3 Å². The van der Waals surface area contributed by atoms with Gasteiger partial charge >= 0.3 is 0 Å². The maximum atomic E-state index is 12.3. The van der Waals surface area contributed by atoms with Crippen molar-refractivity contribution in [1.29, 1.82) is 0 Å². The SMILES string of the molecule is Cl.O=C(CC1CCNCC1)NC1CCCc2ccccc21. The Kier molecular flexibility index (Phi) is 6.07. The number of fused-ring (bicyclic) bond motifs is 1. The van der Waals surface area contributed by atoms with Crippen LogP contribution in [-0.2, 0) is 11.2 Å². The van der Waals surface area contributed by atoms with E-state index in [1.807, 2.05) is 0 Å². The van der Waals surface area contributed by atoms with Crippen LogP contribution in [0.3, 0.4) is 0 Å². The summed E-state index contributed by atoms with van der Waals surface area (Å²) in [5.41, 5.74) is 2.74. The molecule has 0 radical (unpaired) electrons. The zero-order valence-electron chi connectivity index (χ0n) is 12.4. The largest absolute Gasteiger partial charge is 0.349 e. The van der Waals surface area contributed by atoms with E-state index in [0.717, 1.165) is 38.8 Å². The minimum absolute atomic E-state index is 0. The molecule has 0 spiro atoms. The number of halogens is 1. The fourth-order valence-corrected chi connectivity index (χ4v) is 3.51. The molecule has 1 saturated heterocycles. The number of carbonyl (C=O) groups excluding carboxylic acids is 1. The van der Waals surface area contributed by atoms with Gasteiger partial charge in [-0.1, -0.05) is 24.3 Å². The highest BCUT2D eigenvalue weighted by Crippen LogP contribution is 2.29. The Morgan fingerprint density at radius 2 is 1.95 bits per heavy atom. The summed E-state index contributed by atoms with van der Waals surface area (Å²) in [7, 11) is 0. The van der Waals surface area contributed by atoms with Crippen LogP contribution in [0.4, 0.5) is 0 Å². The Morgan fingerprint density at radius 3 is 2.76 bits per heavy atom. The first-order valence-electron chi connectivity index (χ1n) is 7.91. The quantitative estimate of drug-likeness (QED) is 0.901. The summed E-state index contributed by atoms with van der Waals surface area (Å²) in [5, 5.41) is 6.61. The number of nitrogens with one attached hydrogen (secondary N) is 2. The molecule has 1 fully saturated rings. The maximum absolute atomic E-state index is 12.3. The first-order valence-corrected chi connectivity index (χ1v) is 7.91. The van der Waals surface area contributed by atoms with E-state index in [4.69, 9.17) is 0 Å². The molecule has 3 rings (SSSR count). The lowest BCUT2D eigenvalue weighted by molar-refractivity contribution is -0.123. The molecule has 0 saturated carbocycles. The zero-order chi connectivity index (χ0) is 13.8. The Balaban J connectivity index is 0.00000161. The van der Waals surface area contributed by atoms with Crippen molar-refractivity contribution in [3.8, 4) is 0 Å². The van der Waals surface area contributed by atoms with Gasteiger partial charge in [0.25, 0.3) is 0 Å². The summed E-state index contributed by atoms with van der Waals surface area (Å²) in [6.45, 7) is 2.12. The average molecular weight is 309 g/mol. The normalized spacial score (nSPS) is 22.0. The van der Waals surface area contributed by atoms with Crippen molar-refractivity contribution in [1.82, 2.24) is 10.6 Å². The topological polar surface area (TPSA) is 41.1 Å². The van der Waals surface area contributed by atoms with E-state index in [2.05, 4.69) is 34.9 Å². The molecule has 1 aliphatic heterocycles. The molecule has 21 heavy (non-hydrogen) atoms. The van der Waals surface area contributed by atoms with Crippen LogP contribution in [0.15, 0.2) is 24.3 Å². The lowest BCUT2D eigenvalue weighted by Gasteiger charge is -2.28. The van der Waals surface area contributed by atoms with Crippen LogP contribution in [0, 0.1) is 5.92 Å². The van der Waals surface area contributed by atoms with Crippen molar-refractivity contribution in [2.24, 2.45) is 5.92 Å². The lowest BCUT2D eigenvalue weighted by Crippen LogP contribution is -2.35. The van der Waals surface area contributed by atoms with Crippen LogP contribution in [0.25, 0.3) is 0 Å². The van der Waals surface area contributed by atoms with Gasteiger partial charge in [-0.05, 0) is 62.2 Å². The molecule has 1 atom stereocenters. The molecule has 4 heteroatoms. The minimum Gasteiger partial charge on any atom is -0.349 e. The Labute approximate surface area is 133 Å². The van der Waals surface area contributed by atoms with Gasteiger partial charge in [-0.2, -0.15) is 0 Å². The molecule has 1 aliphatic carbocycles. The highest BCUT2D eigenvalue weighted by atomic mass is 35.5. The van der Waals surface area contributed by atoms with Crippen molar-refractivity contribution < 1.29 is 4.79 Å². The molecule has 0 aromatic heterocycles. The van der Waals surface area contributed by atoms with E-state index in [9.17, 15) is 4.79 Å². The summed E-state index contributed by atoms with van der Waals surface area (Å²) in [4.78, 5) is 12.3. The van der Waals surface area contributed by atoms with E-state index in [0.29, 0.717) is 12.3 Å². The molecule has 1 heterocycles. The summed E-state index contributed by atoms with van der Waals surface area (Å²) < 4.78 is 0. The van der Waals surface area contributed by atoms with Gasteiger partial charge in [-0.3, -0.25) is 4.79 Å². The third-order valence-corrected chi connectivity index (χ3v) is 4.64. The second-order valence-corrected chi connectivity index (χ2v) is 6.11. The van der Waals surface area contributed by atoms with Crippen LogP contribution in [0.5, 0.6) is 0 Å². The van der Waals surface area contributed by atoms with Crippen molar-refractivity contribution in [3.63, 3.8) is 0 Å². The number of piperidine rings is 1. The van der Waals surface area contributed by atoms with Crippen LogP contribution >= 0.6 is 12.4 Å². The molecule has 2 N–H and O–H groups in total. The van der Waals surface area contributed by atoms with Gasteiger partial charge in [0, 0.05) is 6.42 Å². The summed E-state index contributed by atoms with van der Waals surface area (Å²) in [6, 6.07) is 8.77. The van der Waals surface area contributed by atoms with Crippen LogP contribution < -0.4 is 10.6 Å². The van der Waals surface area contributed by atoms with Gasteiger partial charge in [-0.15, -0.1) is 12.4 Å². The second kappa shape index (κ2) is 7.81. The third kappa shape index (κ3) is 4.21. The van der Waals surface area contributed by atoms with Crippen LogP contribution in [0.1, 0.15) is 49.3 Å². The Hall–Kier alpha value is -1.06. The average Bonchev–Trinajstić information content (AvgIpc) is 2.48. The molecule has 1 aromatic carbocycles. The molecule has 2 aliphatic rings. The fraction of sp³-hybridized carbons (Fsp3) is 0.588. The number of hydrogen-bond acceptors (Lipinski definition) is 2. The van der Waals surface area contributed by atoms with E-state index < -0.39 is 0 Å². The lowest BCUT2D eigenvalue weighted by atomic mass is 9.87. The number of rotatable bonds is 3. The molecule has 3 nitrogen and oxygen atoms in total. The van der Waals surface area contributed by atoms with E-state index in [1.165, 1.54) is 17.5 Å². The highest BCUT2D eigenvalue weighted by molar-refractivity contribution is 5.85. The molecule has 1 unspecified atom stereocenters. The first-order chi connectivity index (χ1) is 9.83. The van der Waals surface area contributed by atoms with E-state index in [-0.39, 0.29) is 24.4 Å². The van der Waals surface area contributed by atoms with E-state index >= 15 is 0 Å². The Morgan fingerprint density at radius 1 is 1.19 bits per heavy atom. The zero-order valence-corrected chi connectivity index (χ0v) is 13.3. The number of amides is 1. The highest BCUT2D eigenvalue weighted by Gasteiger charge is 2.23. The third-order valence-electron chi connectivity index (χ3n) is 4.64. The number of benzene rings is 1. The number of carbonyl (C=O) groups is 1. The van der Waals surface area contributed by atoms with Gasteiger partial charge < -0.3 is 10.6 Å². The van der Waals surface area contributed by atoms with E-state index in [1.54, 1.807) is 0 Å². The predicted molar refractivity (Wildman–Crippen MR) is 87.7 cm³/mol. The van der Waals surface area contributed by atoms with Crippen LogP contribution in [-0.4, -0.2) is 19.0 Å². The van der Waals surface area contributed by atoms with Crippen LogP contribution in [0.2, 0.25) is 0 Å². The minimum atomic E-state index is 0. The first kappa shape index (κ1) is 16.3. The summed E-state index contributed by atoms with van der Waals surface area (Å²) in [5.74, 6) is 0.800. The second-order valence-electron chi connectivity index (χ2n) is 6.11. The number of hydrogen-bond donors (Lipinski definition) is 2. The fourth-order valence-electron chi connectivity index (χ4n) is 3.51. The van der Waals surface area contributed by atoms with Gasteiger partial charge in [0.2, 0.25) is 5.91 Å². The molecule has 116 valence electrons. The summed E-state index contributed by atoms with van der Waals surface area (Å²) in [6.07, 6.45) is 6.37. The summed E-state index contributed by atoms with van der Waals surface area (Å²) >= 11 is 0. The van der Waals surface area contributed by atoms with Gasteiger partial charge in [0.15, 0.2) is 0 Å². The maximum Gasteiger partial charge on any atom is 0.220 e. The van der Waals surface area contributed by atoms with Gasteiger partial charge in [-0.25, -0.2) is 0 Å². The monoisotopic (exact) mass is 308 g/mol. The van der Waals surface area contributed by atoms with Crippen molar-refractivity contribution in [2.75, 3.05) is 13.1 Å². The van der Waals surface area contributed by atoms with Crippen molar-refractivity contribution in [3.05, 3.63) is 35.4 Å². The molecule has 0 bridgehead atoms. The smallest absolute Gasteiger partial charge is 0.220 e. The standard InChI is InChI=1S/C17H24N2O.ClH/c20-17(12-13-8-10-18-11-9-13)19-16-7-3-5-14-4-1-2-6-15(14)16;/h1-2,4,6,13,16,18H,3,5,7-12H2,(H,19,20);1H. The molecule has 1 aromatic rings. The Bertz CT molecular complexity index is 472. The number of aryl methyl sites for hydroxylation is 1. The molecule has 1 amide bonds. The van der Waals surface area contributed by atoms with Gasteiger partial charge in [0.05, 0.1) is 6.04 Å². The molecular formula is C17H25ClN2O. The molecular weight excluding hydrogens is 284 g/mol. The van der Waals surface area contributed by atoms with Gasteiger partial charge in [0.1, 0.15) is 0 Å².